The van der Waals surface area contributed by atoms with Gasteiger partial charge in [-0.2, -0.15) is 5.10 Å². The number of H-pyrrole nitrogens is 1. The number of aromatic nitrogens is 4. The number of nitrogens with zero attached hydrogens (tertiary/aromatic N) is 3. The van der Waals surface area contributed by atoms with Crippen LogP contribution in [0.1, 0.15) is 17.0 Å². The highest BCUT2D eigenvalue weighted by atomic mass is 19.1. The van der Waals surface area contributed by atoms with Crippen molar-refractivity contribution in [2.45, 2.75) is 18.6 Å². The summed E-state index contributed by atoms with van der Waals surface area (Å²) in [5.41, 5.74) is 0.913. The lowest BCUT2D eigenvalue weighted by Gasteiger charge is -2.25. The number of aliphatic hydroxyl groups excluding tert-OH is 1. The molecule has 7 nitrogen and oxygen atoms in total. The van der Waals surface area contributed by atoms with Crippen molar-refractivity contribution in [3.8, 4) is 17.3 Å². The van der Waals surface area contributed by atoms with Crippen LogP contribution < -0.4 is 5.43 Å². The summed E-state index contributed by atoms with van der Waals surface area (Å²) in [6, 6.07) is 15.4. The molecule has 2 heterocycles. The van der Waals surface area contributed by atoms with E-state index >= 15 is 0 Å². The SMILES string of the molecule is O=c1c(O)c[nH]nc1-c1nccn1C[C@H](O)[C@H](c1ccccc1)c1ccc(F)cc1. The van der Waals surface area contributed by atoms with Crippen molar-refractivity contribution in [3.63, 3.8) is 0 Å². The van der Waals surface area contributed by atoms with Crippen LogP contribution in [-0.2, 0) is 6.54 Å². The summed E-state index contributed by atoms with van der Waals surface area (Å²) in [4.78, 5) is 16.4. The van der Waals surface area contributed by atoms with Crippen LogP contribution in [0.25, 0.3) is 11.5 Å². The highest BCUT2D eigenvalue weighted by Crippen LogP contribution is 2.30. The van der Waals surface area contributed by atoms with Gasteiger partial charge in [-0.15, -0.1) is 0 Å². The third-order valence-electron chi connectivity index (χ3n) is 4.91. The van der Waals surface area contributed by atoms with Crippen LogP contribution >= 0.6 is 0 Å². The zero-order valence-electron chi connectivity index (χ0n) is 15.8. The van der Waals surface area contributed by atoms with E-state index in [0.717, 1.165) is 17.3 Å². The molecule has 0 amide bonds. The normalized spacial score (nSPS) is 13.1. The number of aliphatic hydroxyl groups is 1. The summed E-state index contributed by atoms with van der Waals surface area (Å²) in [6.45, 7) is 0.100. The molecule has 0 aliphatic carbocycles. The molecule has 0 aliphatic heterocycles. The number of hydrogen-bond acceptors (Lipinski definition) is 5. The van der Waals surface area contributed by atoms with Gasteiger partial charge >= 0.3 is 0 Å². The number of benzene rings is 2. The molecule has 2 atom stereocenters. The average Bonchev–Trinajstić information content (AvgIpc) is 3.20. The third kappa shape index (κ3) is 3.85. The Labute approximate surface area is 171 Å². The van der Waals surface area contributed by atoms with Gasteiger partial charge in [0, 0.05) is 18.3 Å². The van der Waals surface area contributed by atoms with Crippen LogP contribution in [0.15, 0.2) is 78.0 Å². The van der Waals surface area contributed by atoms with E-state index in [1.165, 1.54) is 18.3 Å². The Morgan fingerprint density at radius 3 is 2.50 bits per heavy atom. The molecule has 4 rings (SSSR count). The summed E-state index contributed by atoms with van der Waals surface area (Å²) < 4.78 is 15.0. The number of rotatable bonds is 6. The Hall–Kier alpha value is -3.78. The van der Waals surface area contributed by atoms with E-state index in [2.05, 4.69) is 15.2 Å². The first-order valence-corrected chi connectivity index (χ1v) is 9.31. The van der Waals surface area contributed by atoms with Gasteiger partial charge in [0.1, 0.15) is 5.82 Å². The summed E-state index contributed by atoms with van der Waals surface area (Å²) in [5, 5.41) is 27.2. The van der Waals surface area contributed by atoms with Crippen molar-refractivity contribution < 1.29 is 14.6 Å². The molecular formula is C22H19FN4O3. The van der Waals surface area contributed by atoms with E-state index in [-0.39, 0.29) is 23.9 Å². The lowest BCUT2D eigenvalue weighted by Crippen LogP contribution is -2.26. The molecule has 0 spiro atoms. The van der Waals surface area contributed by atoms with Gasteiger partial charge in [-0.3, -0.25) is 9.89 Å². The van der Waals surface area contributed by atoms with E-state index in [1.807, 2.05) is 30.3 Å². The van der Waals surface area contributed by atoms with Crippen molar-refractivity contribution in [1.29, 1.82) is 0 Å². The van der Waals surface area contributed by atoms with Crippen LogP contribution in [0.2, 0.25) is 0 Å². The van der Waals surface area contributed by atoms with E-state index < -0.39 is 23.2 Å². The Balaban J connectivity index is 1.70. The molecule has 8 heteroatoms. The second-order valence-corrected chi connectivity index (χ2v) is 6.86. The molecule has 4 aromatic rings. The van der Waals surface area contributed by atoms with Crippen molar-refractivity contribution in [1.82, 2.24) is 19.7 Å². The molecule has 2 aromatic carbocycles. The van der Waals surface area contributed by atoms with Crippen molar-refractivity contribution in [3.05, 3.63) is 100 Å². The van der Waals surface area contributed by atoms with Crippen molar-refractivity contribution in [2.75, 3.05) is 0 Å². The number of imidazole rings is 1. The van der Waals surface area contributed by atoms with Gasteiger partial charge in [-0.05, 0) is 23.3 Å². The molecule has 3 N–H and O–H groups in total. The zero-order valence-corrected chi connectivity index (χ0v) is 15.8. The third-order valence-corrected chi connectivity index (χ3v) is 4.91. The lowest BCUT2D eigenvalue weighted by molar-refractivity contribution is 0.137. The minimum absolute atomic E-state index is 0.0507. The van der Waals surface area contributed by atoms with Gasteiger partial charge in [0.25, 0.3) is 5.43 Å². The van der Waals surface area contributed by atoms with E-state index in [0.29, 0.717) is 0 Å². The monoisotopic (exact) mass is 406 g/mol. The molecule has 152 valence electrons. The maximum Gasteiger partial charge on any atom is 0.252 e. The van der Waals surface area contributed by atoms with E-state index in [1.54, 1.807) is 22.9 Å². The molecule has 0 fully saturated rings. The molecule has 0 bridgehead atoms. The smallest absolute Gasteiger partial charge is 0.252 e. The van der Waals surface area contributed by atoms with E-state index in [4.69, 9.17) is 0 Å². The highest BCUT2D eigenvalue weighted by Gasteiger charge is 2.25. The second kappa shape index (κ2) is 8.30. The molecule has 0 unspecified atom stereocenters. The van der Waals surface area contributed by atoms with Crippen LogP contribution in [-0.4, -0.2) is 36.1 Å². The lowest BCUT2D eigenvalue weighted by atomic mass is 9.86. The molecule has 2 aromatic heterocycles. The number of aromatic amines is 1. The maximum atomic E-state index is 13.4. The van der Waals surface area contributed by atoms with Gasteiger partial charge in [0.05, 0.1) is 18.8 Å². The van der Waals surface area contributed by atoms with Crippen LogP contribution in [0, 0.1) is 5.82 Å². The summed E-state index contributed by atoms with van der Waals surface area (Å²) in [7, 11) is 0. The number of hydrogen-bond donors (Lipinski definition) is 3. The van der Waals surface area contributed by atoms with Gasteiger partial charge in [0.2, 0.25) is 0 Å². The second-order valence-electron chi connectivity index (χ2n) is 6.86. The predicted molar refractivity (Wildman–Crippen MR) is 108 cm³/mol. The summed E-state index contributed by atoms with van der Waals surface area (Å²) in [6.07, 6.45) is 3.29. The first-order chi connectivity index (χ1) is 14.5. The van der Waals surface area contributed by atoms with Crippen molar-refractivity contribution in [2.24, 2.45) is 0 Å². The Morgan fingerprint density at radius 1 is 1.07 bits per heavy atom. The Kier molecular flexibility index (Phi) is 5.40. The number of aromatic hydroxyl groups is 1. The van der Waals surface area contributed by atoms with Crippen LogP contribution in [0.3, 0.4) is 0 Å². The number of halogens is 1. The largest absolute Gasteiger partial charge is 0.503 e. The quantitative estimate of drug-likeness (QED) is 0.457. The Morgan fingerprint density at radius 2 is 1.77 bits per heavy atom. The fourth-order valence-corrected chi connectivity index (χ4v) is 3.49. The zero-order chi connectivity index (χ0) is 21.1. The fourth-order valence-electron chi connectivity index (χ4n) is 3.49. The molecular weight excluding hydrogens is 387 g/mol. The average molecular weight is 406 g/mol. The maximum absolute atomic E-state index is 13.4. The molecule has 0 radical (unpaired) electrons. The number of nitrogens with one attached hydrogen (secondary N) is 1. The van der Waals surface area contributed by atoms with Crippen LogP contribution in [0.4, 0.5) is 4.39 Å². The van der Waals surface area contributed by atoms with Gasteiger partial charge in [-0.1, -0.05) is 42.5 Å². The minimum atomic E-state index is -0.915. The first-order valence-electron chi connectivity index (χ1n) is 9.31. The minimum Gasteiger partial charge on any atom is -0.503 e. The van der Waals surface area contributed by atoms with Gasteiger partial charge < -0.3 is 14.8 Å². The van der Waals surface area contributed by atoms with Gasteiger partial charge in [0.15, 0.2) is 17.3 Å². The topological polar surface area (TPSA) is 104 Å². The molecule has 0 saturated carbocycles. The molecule has 30 heavy (non-hydrogen) atoms. The highest BCUT2D eigenvalue weighted by molar-refractivity contribution is 5.51. The summed E-state index contributed by atoms with van der Waals surface area (Å²) >= 11 is 0. The van der Waals surface area contributed by atoms with Gasteiger partial charge in [-0.25, -0.2) is 9.37 Å². The molecule has 0 saturated heterocycles. The van der Waals surface area contributed by atoms with Crippen LogP contribution in [0.5, 0.6) is 5.75 Å². The summed E-state index contributed by atoms with van der Waals surface area (Å²) in [5.74, 6) is -1.04. The predicted octanol–water partition coefficient (Wildman–Crippen LogP) is 2.67. The first kappa shape index (κ1) is 19.5. The van der Waals surface area contributed by atoms with E-state index in [9.17, 15) is 19.4 Å². The Bertz CT molecular complexity index is 1190. The van der Waals surface area contributed by atoms with Crippen molar-refractivity contribution >= 4 is 0 Å². The molecule has 0 aliphatic rings. The standard InChI is InChI=1S/C22H19FN4O3/c23-16-8-6-15(7-9-16)19(14-4-2-1-3-5-14)18(29)13-27-11-10-24-22(27)20-21(30)17(28)12-25-26-20/h1-12,18-19,29H,13H2,(H,25,30)(H,26,28)/t18-,19+/m0/s1. The fraction of sp³-hybridized carbons (Fsp3) is 0.136.